The molecule has 0 aromatic heterocycles. The minimum atomic E-state index is 0. The summed E-state index contributed by atoms with van der Waals surface area (Å²) in [5.41, 5.74) is 15.7. The van der Waals surface area contributed by atoms with E-state index in [9.17, 15) is 0 Å². The first kappa shape index (κ1) is 15.9. The lowest BCUT2D eigenvalue weighted by Crippen LogP contribution is -2.00. The molecule has 1 rings (SSSR count). The van der Waals surface area contributed by atoms with E-state index in [-0.39, 0.29) is 24.8 Å². The van der Waals surface area contributed by atoms with Gasteiger partial charge in [-0.25, -0.2) is 0 Å². The molecule has 4 N–H and O–H groups in total. The molecule has 0 spiro atoms. The van der Waals surface area contributed by atoms with Crippen LogP contribution in [0.5, 0.6) is 0 Å². The van der Waals surface area contributed by atoms with Crippen molar-refractivity contribution < 1.29 is 0 Å². The zero-order valence-electron chi connectivity index (χ0n) is 8.54. The molecule has 0 bridgehead atoms. The number of rotatable bonds is 2. The molecule has 0 atom stereocenters. The van der Waals surface area contributed by atoms with Crippen molar-refractivity contribution in [2.45, 2.75) is 26.7 Å². The Kier molecular flexibility index (Phi) is 7.69. The monoisotopic (exact) mass is 236 g/mol. The predicted octanol–water partition coefficient (Wildman–Crippen LogP) is 2.82. The minimum Gasteiger partial charge on any atom is -0.399 e. The molecule has 1 aromatic carbocycles. The van der Waals surface area contributed by atoms with Gasteiger partial charge in [0.1, 0.15) is 0 Å². The molecule has 0 aliphatic heterocycles. The summed E-state index contributed by atoms with van der Waals surface area (Å²) in [6.07, 6.45) is 1.90. The van der Waals surface area contributed by atoms with Crippen LogP contribution in [0, 0.1) is 0 Å². The van der Waals surface area contributed by atoms with Crippen molar-refractivity contribution in [1.29, 1.82) is 0 Å². The molecule has 82 valence electrons. The van der Waals surface area contributed by atoms with Gasteiger partial charge in [0.2, 0.25) is 0 Å². The van der Waals surface area contributed by atoms with Crippen molar-refractivity contribution in [2.24, 2.45) is 0 Å². The van der Waals surface area contributed by atoms with Crippen LogP contribution in [0.4, 0.5) is 11.4 Å². The van der Waals surface area contributed by atoms with Crippen LogP contribution in [0.3, 0.4) is 0 Å². The predicted molar refractivity (Wildman–Crippen MR) is 68.5 cm³/mol. The summed E-state index contributed by atoms with van der Waals surface area (Å²) in [7, 11) is 0. The second kappa shape index (κ2) is 6.80. The fourth-order valence-corrected chi connectivity index (χ4v) is 1.39. The van der Waals surface area contributed by atoms with Crippen LogP contribution in [0.15, 0.2) is 12.1 Å². The molecule has 4 heteroatoms. The third-order valence-corrected chi connectivity index (χ3v) is 2.14. The summed E-state index contributed by atoms with van der Waals surface area (Å²) in [6.45, 7) is 4.18. The van der Waals surface area contributed by atoms with Crippen LogP contribution in [0.2, 0.25) is 0 Å². The van der Waals surface area contributed by atoms with Crippen LogP contribution >= 0.6 is 24.8 Å². The molecule has 0 saturated heterocycles. The van der Waals surface area contributed by atoms with Crippen LogP contribution < -0.4 is 11.5 Å². The van der Waals surface area contributed by atoms with Gasteiger partial charge in [-0.15, -0.1) is 24.8 Å². The molecule has 0 heterocycles. The Morgan fingerprint density at radius 2 is 1.29 bits per heavy atom. The van der Waals surface area contributed by atoms with Crippen molar-refractivity contribution in [3.63, 3.8) is 0 Å². The average Bonchev–Trinajstić information content (AvgIpc) is 2.08. The first-order valence-electron chi connectivity index (χ1n) is 4.35. The molecule has 0 saturated carbocycles. The molecule has 0 amide bonds. The maximum atomic E-state index is 5.92. The quantitative estimate of drug-likeness (QED) is 0.777. The molecule has 1 aromatic rings. The van der Waals surface area contributed by atoms with E-state index < -0.39 is 0 Å². The van der Waals surface area contributed by atoms with E-state index in [1.54, 1.807) is 0 Å². The molecule has 2 nitrogen and oxygen atoms in total. The van der Waals surface area contributed by atoms with Gasteiger partial charge in [-0.1, -0.05) is 13.8 Å². The molecule has 0 radical (unpaired) electrons. The summed E-state index contributed by atoms with van der Waals surface area (Å²) in [5, 5.41) is 0. The van der Waals surface area contributed by atoms with Gasteiger partial charge in [0.05, 0.1) is 0 Å². The first-order chi connectivity index (χ1) is 5.69. The van der Waals surface area contributed by atoms with Crippen molar-refractivity contribution in [3.05, 3.63) is 23.3 Å². The highest BCUT2D eigenvalue weighted by Crippen LogP contribution is 2.22. The van der Waals surface area contributed by atoms with E-state index >= 15 is 0 Å². The molecular weight excluding hydrogens is 219 g/mol. The molecule has 0 fully saturated rings. The van der Waals surface area contributed by atoms with Gasteiger partial charge < -0.3 is 11.5 Å². The normalized spacial score (nSPS) is 8.71. The lowest BCUT2D eigenvalue weighted by atomic mass is 10.0. The van der Waals surface area contributed by atoms with E-state index in [0.717, 1.165) is 35.3 Å². The van der Waals surface area contributed by atoms with E-state index in [0.29, 0.717) is 0 Å². The number of benzene rings is 1. The van der Waals surface area contributed by atoms with Gasteiger partial charge in [-0.05, 0) is 36.1 Å². The van der Waals surface area contributed by atoms with Gasteiger partial charge in [-0.2, -0.15) is 0 Å². The van der Waals surface area contributed by atoms with Gasteiger partial charge in [0, 0.05) is 11.4 Å². The highest BCUT2D eigenvalue weighted by molar-refractivity contribution is 5.85. The Morgan fingerprint density at radius 3 is 1.57 bits per heavy atom. The molecule has 14 heavy (non-hydrogen) atoms. The summed E-state index contributed by atoms with van der Waals surface area (Å²) in [4.78, 5) is 0. The number of nitrogen functional groups attached to an aromatic ring is 2. The number of nitrogens with two attached hydrogens (primary N) is 2. The SMILES string of the molecule is CCc1cc(N)cc(CC)c1N.Cl.Cl. The van der Waals surface area contributed by atoms with E-state index in [2.05, 4.69) is 13.8 Å². The van der Waals surface area contributed by atoms with Crippen molar-refractivity contribution in [2.75, 3.05) is 11.5 Å². The summed E-state index contributed by atoms with van der Waals surface area (Å²) in [6, 6.07) is 3.91. The lowest BCUT2D eigenvalue weighted by molar-refractivity contribution is 1.10. The van der Waals surface area contributed by atoms with E-state index in [1.807, 2.05) is 12.1 Å². The Morgan fingerprint density at radius 1 is 0.929 bits per heavy atom. The van der Waals surface area contributed by atoms with Crippen LogP contribution in [-0.2, 0) is 12.8 Å². The van der Waals surface area contributed by atoms with Crippen LogP contribution in [0.25, 0.3) is 0 Å². The Balaban J connectivity index is 0. The van der Waals surface area contributed by atoms with Gasteiger partial charge in [0.25, 0.3) is 0 Å². The first-order valence-corrected chi connectivity index (χ1v) is 4.35. The smallest absolute Gasteiger partial charge is 0.0380 e. The summed E-state index contributed by atoms with van der Waals surface area (Å²) in [5.74, 6) is 0. The Hall–Kier alpha value is -0.600. The molecular formula is C10H18Cl2N2. The maximum Gasteiger partial charge on any atom is 0.0380 e. The standard InChI is InChI=1S/C10H16N2.2ClH/c1-3-7-5-9(11)6-8(4-2)10(7)12;;/h5-6H,3-4,11-12H2,1-2H3;2*1H. The van der Waals surface area contributed by atoms with Crippen molar-refractivity contribution in [1.82, 2.24) is 0 Å². The molecule has 0 aliphatic carbocycles. The fraction of sp³-hybridized carbons (Fsp3) is 0.400. The topological polar surface area (TPSA) is 52.0 Å². The zero-order valence-corrected chi connectivity index (χ0v) is 10.2. The van der Waals surface area contributed by atoms with Crippen LogP contribution in [0.1, 0.15) is 25.0 Å². The van der Waals surface area contributed by atoms with Crippen molar-refractivity contribution in [3.8, 4) is 0 Å². The highest BCUT2D eigenvalue weighted by atomic mass is 35.5. The second-order valence-corrected chi connectivity index (χ2v) is 2.96. The average molecular weight is 237 g/mol. The summed E-state index contributed by atoms with van der Waals surface area (Å²) < 4.78 is 0. The number of aryl methyl sites for hydroxylation is 2. The number of hydrogen-bond acceptors (Lipinski definition) is 2. The third kappa shape index (κ3) is 3.28. The number of anilines is 2. The zero-order chi connectivity index (χ0) is 9.14. The third-order valence-electron chi connectivity index (χ3n) is 2.14. The maximum absolute atomic E-state index is 5.92. The lowest BCUT2D eigenvalue weighted by Gasteiger charge is -2.09. The van der Waals surface area contributed by atoms with Gasteiger partial charge in [-0.3, -0.25) is 0 Å². The second-order valence-electron chi connectivity index (χ2n) is 2.96. The Labute approximate surface area is 97.9 Å². The van der Waals surface area contributed by atoms with Crippen molar-refractivity contribution >= 4 is 36.2 Å². The molecule has 0 unspecified atom stereocenters. The van der Waals surface area contributed by atoms with E-state index in [4.69, 9.17) is 11.5 Å². The fourth-order valence-electron chi connectivity index (χ4n) is 1.39. The largest absolute Gasteiger partial charge is 0.399 e. The molecule has 0 aliphatic rings. The van der Waals surface area contributed by atoms with Gasteiger partial charge in [0.15, 0.2) is 0 Å². The minimum absolute atomic E-state index is 0. The van der Waals surface area contributed by atoms with E-state index in [1.165, 1.54) is 0 Å². The number of hydrogen-bond donors (Lipinski definition) is 2. The van der Waals surface area contributed by atoms with Crippen LogP contribution in [-0.4, -0.2) is 0 Å². The summed E-state index contributed by atoms with van der Waals surface area (Å²) >= 11 is 0. The number of halogens is 2. The Bertz CT molecular complexity index is 262. The highest BCUT2D eigenvalue weighted by Gasteiger charge is 2.03. The van der Waals surface area contributed by atoms with Gasteiger partial charge >= 0.3 is 0 Å².